The summed E-state index contributed by atoms with van der Waals surface area (Å²) in [5, 5.41) is 0. The van der Waals surface area contributed by atoms with E-state index in [9.17, 15) is 0 Å². The molecule has 0 aromatic heterocycles. The number of fused-ring (bicyclic) bond motifs is 1. The maximum atomic E-state index is 5.48. The Morgan fingerprint density at radius 1 is 1.40 bits per heavy atom. The van der Waals surface area contributed by atoms with Crippen molar-refractivity contribution in [3.8, 4) is 17.2 Å². The molecule has 84 valence electrons. The summed E-state index contributed by atoms with van der Waals surface area (Å²) in [6.07, 6.45) is 0.812. The summed E-state index contributed by atoms with van der Waals surface area (Å²) in [4.78, 5) is 0. The molecule has 0 bridgehead atoms. The fourth-order valence-electron chi connectivity index (χ4n) is 1.49. The molecule has 1 aromatic rings. The molecule has 4 nitrogen and oxygen atoms in total. The largest absolute Gasteiger partial charge is 0.493 e. The van der Waals surface area contributed by atoms with E-state index in [4.69, 9.17) is 19.9 Å². The molecule has 0 saturated carbocycles. The second-order valence-corrected chi connectivity index (χ2v) is 3.07. The lowest BCUT2D eigenvalue weighted by Crippen LogP contribution is -2.02. The van der Waals surface area contributed by atoms with E-state index in [1.165, 1.54) is 0 Å². The Bertz CT molecular complexity index is 344. The van der Waals surface area contributed by atoms with Crippen LogP contribution in [0, 0.1) is 0 Å². The predicted molar refractivity (Wildman–Crippen MR) is 59.1 cm³/mol. The third-order valence-electron chi connectivity index (χ3n) is 2.15. The molecule has 0 radical (unpaired) electrons. The van der Waals surface area contributed by atoms with Crippen LogP contribution < -0.4 is 19.9 Å². The molecular formula is C10H14ClNO3. The first-order valence-electron chi connectivity index (χ1n) is 4.51. The van der Waals surface area contributed by atoms with Crippen LogP contribution in [-0.4, -0.2) is 20.4 Å². The van der Waals surface area contributed by atoms with Gasteiger partial charge in [0.2, 0.25) is 12.5 Å². The van der Waals surface area contributed by atoms with Gasteiger partial charge in [-0.2, -0.15) is 0 Å². The van der Waals surface area contributed by atoms with Gasteiger partial charge in [0.15, 0.2) is 11.5 Å². The third-order valence-corrected chi connectivity index (χ3v) is 2.15. The highest BCUT2D eigenvalue weighted by Gasteiger charge is 2.19. The second kappa shape index (κ2) is 5.09. The Labute approximate surface area is 94.7 Å². The topological polar surface area (TPSA) is 53.7 Å². The Morgan fingerprint density at radius 2 is 2.20 bits per heavy atom. The lowest BCUT2D eigenvalue weighted by molar-refractivity contribution is 0.171. The van der Waals surface area contributed by atoms with Crippen molar-refractivity contribution in [2.75, 3.05) is 20.4 Å². The molecule has 5 heteroatoms. The van der Waals surface area contributed by atoms with Crippen molar-refractivity contribution < 1.29 is 14.2 Å². The maximum Gasteiger partial charge on any atom is 0.231 e. The minimum Gasteiger partial charge on any atom is -0.493 e. The van der Waals surface area contributed by atoms with Gasteiger partial charge in [-0.15, -0.1) is 12.4 Å². The summed E-state index contributed by atoms with van der Waals surface area (Å²) >= 11 is 0. The smallest absolute Gasteiger partial charge is 0.231 e. The molecule has 0 fully saturated rings. The van der Waals surface area contributed by atoms with Gasteiger partial charge in [0, 0.05) is 0 Å². The van der Waals surface area contributed by atoms with Crippen molar-refractivity contribution in [2.45, 2.75) is 6.42 Å². The van der Waals surface area contributed by atoms with Gasteiger partial charge in [-0.05, 0) is 30.7 Å². The zero-order valence-electron chi connectivity index (χ0n) is 8.49. The summed E-state index contributed by atoms with van der Waals surface area (Å²) < 4.78 is 15.8. The Morgan fingerprint density at radius 3 is 2.87 bits per heavy atom. The molecule has 1 aliphatic heterocycles. The van der Waals surface area contributed by atoms with E-state index in [-0.39, 0.29) is 19.2 Å². The molecule has 0 aliphatic carbocycles. The first-order valence-corrected chi connectivity index (χ1v) is 4.51. The van der Waals surface area contributed by atoms with Crippen molar-refractivity contribution in [1.29, 1.82) is 0 Å². The summed E-state index contributed by atoms with van der Waals surface area (Å²) in [5.41, 5.74) is 6.59. The minimum absolute atomic E-state index is 0. The molecule has 0 amide bonds. The van der Waals surface area contributed by atoms with Crippen LogP contribution in [-0.2, 0) is 6.42 Å². The van der Waals surface area contributed by atoms with Crippen molar-refractivity contribution in [1.82, 2.24) is 0 Å². The maximum absolute atomic E-state index is 5.48. The molecule has 0 unspecified atom stereocenters. The van der Waals surface area contributed by atoms with Gasteiger partial charge in [0.1, 0.15) is 0 Å². The monoisotopic (exact) mass is 231 g/mol. The van der Waals surface area contributed by atoms with Crippen LogP contribution in [0.5, 0.6) is 17.2 Å². The van der Waals surface area contributed by atoms with E-state index in [0.717, 1.165) is 17.7 Å². The molecule has 1 aromatic carbocycles. The number of benzene rings is 1. The van der Waals surface area contributed by atoms with Crippen LogP contribution in [0.1, 0.15) is 5.56 Å². The number of ether oxygens (including phenoxy) is 3. The van der Waals surface area contributed by atoms with Crippen LogP contribution in [0.4, 0.5) is 0 Å². The van der Waals surface area contributed by atoms with Gasteiger partial charge in [-0.1, -0.05) is 0 Å². The number of nitrogens with two attached hydrogens (primary N) is 1. The minimum atomic E-state index is 0. The van der Waals surface area contributed by atoms with E-state index < -0.39 is 0 Å². The van der Waals surface area contributed by atoms with E-state index >= 15 is 0 Å². The number of rotatable bonds is 3. The quantitative estimate of drug-likeness (QED) is 0.853. The summed E-state index contributed by atoms with van der Waals surface area (Å²) in [7, 11) is 1.61. The highest BCUT2D eigenvalue weighted by Crippen LogP contribution is 2.41. The first kappa shape index (κ1) is 11.9. The fourth-order valence-corrected chi connectivity index (χ4v) is 1.49. The molecular weight excluding hydrogens is 218 g/mol. The lowest BCUT2D eigenvalue weighted by atomic mass is 10.1. The molecule has 0 saturated heterocycles. The highest BCUT2D eigenvalue weighted by molar-refractivity contribution is 5.85. The number of hydrogen-bond acceptors (Lipinski definition) is 4. The summed E-state index contributed by atoms with van der Waals surface area (Å²) in [6, 6.07) is 3.87. The van der Waals surface area contributed by atoms with Crippen LogP contribution in [0.25, 0.3) is 0 Å². The van der Waals surface area contributed by atoms with Crippen molar-refractivity contribution in [3.63, 3.8) is 0 Å². The van der Waals surface area contributed by atoms with Crippen molar-refractivity contribution in [2.24, 2.45) is 5.73 Å². The van der Waals surface area contributed by atoms with E-state index in [2.05, 4.69) is 0 Å². The SMILES string of the molecule is COc1cc(CCN)cc2c1OCO2.Cl. The zero-order chi connectivity index (χ0) is 9.97. The average Bonchev–Trinajstić information content (AvgIpc) is 2.65. The molecule has 0 spiro atoms. The fraction of sp³-hybridized carbons (Fsp3) is 0.400. The number of methoxy groups -OCH3 is 1. The lowest BCUT2D eigenvalue weighted by Gasteiger charge is -2.07. The van der Waals surface area contributed by atoms with E-state index in [1.54, 1.807) is 7.11 Å². The van der Waals surface area contributed by atoms with Gasteiger partial charge in [-0.25, -0.2) is 0 Å². The number of halogens is 1. The van der Waals surface area contributed by atoms with Gasteiger partial charge in [0.05, 0.1) is 7.11 Å². The third kappa shape index (κ3) is 2.27. The average molecular weight is 232 g/mol. The standard InChI is InChI=1S/C10H13NO3.ClH/c1-12-8-4-7(2-3-11)5-9-10(8)14-6-13-9;/h4-5H,2-3,6,11H2,1H3;1H. The van der Waals surface area contributed by atoms with Gasteiger partial charge in [-0.3, -0.25) is 0 Å². The second-order valence-electron chi connectivity index (χ2n) is 3.07. The molecule has 1 heterocycles. The summed E-state index contributed by atoms with van der Waals surface area (Å²) in [6.45, 7) is 0.876. The van der Waals surface area contributed by atoms with E-state index in [0.29, 0.717) is 18.0 Å². The van der Waals surface area contributed by atoms with E-state index in [1.807, 2.05) is 12.1 Å². The van der Waals surface area contributed by atoms with Crippen LogP contribution >= 0.6 is 12.4 Å². The highest BCUT2D eigenvalue weighted by atomic mass is 35.5. The first-order chi connectivity index (χ1) is 6.85. The molecule has 15 heavy (non-hydrogen) atoms. The number of hydrogen-bond donors (Lipinski definition) is 1. The van der Waals surface area contributed by atoms with Crippen LogP contribution in [0.15, 0.2) is 12.1 Å². The normalized spacial score (nSPS) is 12.1. The van der Waals surface area contributed by atoms with Gasteiger partial charge >= 0.3 is 0 Å². The molecule has 2 N–H and O–H groups in total. The summed E-state index contributed by atoms with van der Waals surface area (Å²) in [5.74, 6) is 2.14. The van der Waals surface area contributed by atoms with Crippen LogP contribution in [0.3, 0.4) is 0 Å². The van der Waals surface area contributed by atoms with Crippen molar-refractivity contribution in [3.05, 3.63) is 17.7 Å². The van der Waals surface area contributed by atoms with Crippen LogP contribution in [0.2, 0.25) is 0 Å². The Hall–Kier alpha value is -1.13. The molecule has 0 atom stereocenters. The van der Waals surface area contributed by atoms with Crippen molar-refractivity contribution >= 4 is 12.4 Å². The van der Waals surface area contributed by atoms with Gasteiger partial charge < -0.3 is 19.9 Å². The predicted octanol–water partition coefficient (Wildman–Crippen LogP) is 1.35. The van der Waals surface area contributed by atoms with Gasteiger partial charge in [0.25, 0.3) is 0 Å². The Kier molecular flexibility index (Phi) is 4.05. The zero-order valence-corrected chi connectivity index (χ0v) is 9.30. The Balaban J connectivity index is 0.00000112. The molecule has 2 rings (SSSR count). The molecule has 1 aliphatic rings.